The number of morpholine rings is 1. The van der Waals surface area contributed by atoms with Crippen LogP contribution in [0.15, 0.2) is 18.2 Å². The highest BCUT2D eigenvalue weighted by molar-refractivity contribution is 6.31. The van der Waals surface area contributed by atoms with Crippen molar-refractivity contribution in [3.8, 4) is 5.75 Å². The van der Waals surface area contributed by atoms with E-state index in [2.05, 4.69) is 17.1 Å². The van der Waals surface area contributed by atoms with E-state index < -0.39 is 0 Å². The zero-order chi connectivity index (χ0) is 18.1. The second-order valence-corrected chi connectivity index (χ2v) is 7.82. The average Bonchev–Trinajstić information content (AvgIpc) is 2.66. The van der Waals surface area contributed by atoms with Crippen molar-refractivity contribution >= 4 is 23.6 Å². The smallest absolute Gasteiger partial charge is 0.236 e. The normalized spacial score (nSPS) is 22.2. The third kappa shape index (κ3) is 3.61. The van der Waals surface area contributed by atoms with E-state index in [1.165, 1.54) is 0 Å². The molecule has 0 N–H and O–H groups in total. The first kappa shape index (κ1) is 17.8. The predicted octanol–water partition coefficient (Wildman–Crippen LogP) is 2.75. The topological polar surface area (TPSA) is 42.0 Å². The van der Waals surface area contributed by atoms with E-state index in [1.54, 1.807) is 0 Å². The molecule has 0 atom stereocenters. The second kappa shape index (κ2) is 7.22. The maximum atomic E-state index is 12.4. The first-order chi connectivity index (χ1) is 12.5. The van der Waals surface area contributed by atoms with Crippen molar-refractivity contribution in [3.63, 3.8) is 0 Å². The van der Waals surface area contributed by atoms with Crippen LogP contribution in [-0.2, 0) is 9.53 Å². The Morgan fingerprint density at radius 2 is 1.92 bits per heavy atom. The molecule has 0 aromatic heterocycles. The third-order valence-electron chi connectivity index (χ3n) is 5.60. The van der Waals surface area contributed by atoms with Gasteiger partial charge in [-0.2, -0.15) is 0 Å². The number of carbonyl (C=O) groups is 1. The third-order valence-corrected chi connectivity index (χ3v) is 6.00. The molecule has 1 aromatic carbocycles. The van der Waals surface area contributed by atoms with Gasteiger partial charge in [-0.25, -0.2) is 0 Å². The van der Waals surface area contributed by atoms with Crippen molar-refractivity contribution in [2.24, 2.45) is 0 Å². The molecule has 140 valence electrons. The van der Waals surface area contributed by atoms with E-state index in [-0.39, 0.29) is 11.5 Å². The minimum Gasteiger partial charge on any atom is -0.482 e. The Balaban J connectivity index is 1.36. The molecule has 2 saturated heterocycles. The lowest BCUT2D eigenvalue weighted by molar-refractivity contribution is -0.137. The van der Waals surface area contributed by atoms with Gasteiger partial charge in [0.25, 0.3) is 0 Å². The fourth-order valence-electron chi connectivity index (χ4n) is 3.85. The summed E-state index contributed by atoms with van der Waals surface area (Å²) >= 11 is 6.21. The van der Waals surface area contributed by atoms with Gasteiger partial charge in [-0.05, 0) is 30.7 Å². The van der Waals surface area contributed by atoms with E-state index in [9.17, 15) is 4.79 Å². The summed E-state index contributed by atoms with van der Waals surface area (Å²) in [5, 5.41) is 0.768. The van der Waals surface area contributed by atoms with Gasteiger partial charge >= 0.3 is 0 Å². The largest absolute Gasteiger partial charge is 0.482 e. The van der Waals surface area contributed by atoms with Gasteiger partial charge in [0.2, 0.25) is 5.91 Å². The number of hydrogen-bond acceptors (Lipinski definition) is 4. The molecule has 0 aliphatic carbocycles. The molecule has 2 fully saturated rings. The molecule has 0 bridgehead atoms. The maximum absolute atomic E-state index is 12.4. The fourth-order valence-corrected chi connectivity index (χ4v) is 4.02. The lowest BCUT2D eigenvalue weighted by atomic mass is 9.88. The number of halogens is 1. The summed E-state index contributed by atoms with van der Waals surface area (Å²) in [6, 6.07) is 3.99. The van der Waals surface area contributed by atoms with Crippen LogP contribution >= 0.6 is 11.6 Å². The molecular formula is C20H25ClN2O3. The summed E-state index contributed by atoms with van der Waals surface area (Å²) in [6.07, 6.45) is 6.07. The van der Waals surface area contributed by atoms with Gasteiger partial charge in [0.05, 0.1) is 19.8 Å². The molecule has 3 heterocycles. The number of piperidine rings is 1. The molecular weight excluding hydrogens is 352 g/mol. The molecule has 0 unspecified atom stereocenters. The maximum Gasteiger partial charge on any atom is 0.236 e. The molecule has 5 nitrogen and oxygen atoms in total. The number of hydrogen-bond donors (Lipinski definition) is 0. The molecule has 0 saturated carbocycles. The molecule has 3 aliphatic heterocycles. The summed E-state index contributed by atoms with van der Waals surface area (Å²) < 4.78 is 11.7. The molecule has 4 rings (SSSR count). The Kier molecular flexibility index (Phi) is 4.95. The second-order valence-electron chi connectivity index (χ2n) is 7.41. The monoisotopic (exact) mass is 376 g/mol. The number of fused-ring (bicyclic) bond motifs is 1. The van der Waals surface area contributed by atoms with Crippen LogP contribution in [0.25, 0.3) is 6.08 Å². The lowest BCUT2D eigenvalue weighted by Crippen LogP contribution is -2.51. The Morgan fingerprint density at radius 1 is 1.19 bits per heavy atom. The highest BCUT2D eigenvalue weighted by atomic mass is 35.5. The SMILES string of the molecule is Cc1cc2c(cc1Cl)C=CC1(CCN(CC(=O)N3CCOCC3)CC1)O2. The highest BCUT2D eigenvalue weighted by Crippen LogP contribution is 2.39. The Labute approximate surface area is 159 Å². The van der Waals surface area contributed by atoms with Crippen LogP contribution in [0.2, 0.25) is 5.02 Å². The zero-order valence-electron chi connectivity index (χ0n) is 15.2. The van der Waals surface area contributed by atoms with Gasteiger partial charge in [-0.1, -0.05) is 17.7 Å². The van der Waals surface area contributed by atoms with Crippen LogP contribution in [0, 0.1) is 6.92 Å². The van der Waals surface area contributed by atoms with Gasteiger partial charge in [0.15, 0.2) is 0 Å². The van der Waals surface area contributed by atoms with E-state index in [1.807, 2.05) is 24.0 Å². The van der Waals surface area contributed by atoms with Crippen LogP contribution in [0.5, 0.6) is 5.75 Å². The number of likely N-dealkylation sites (tertiary alicyclic amines) is 1. The highest BCUT2D eigenvalue weighted by Gasteiger charge is 2.37. The molecule has 3 aliphatic rings. The van der Waals surface area contributed by atoms with E-state index >= 15 is 0 Å². The number of amides is 1. The number of aryl methyl sites for hydroxylation is 1. The van der Waals surface area contributed by atoms with E-state index in [0.717, 1.165) is 47.8 Å². The Bertz CT molecular complexity index is 720. The van der Waals surface area contributed by atoms with Crippen molar-refractivity contribution in [1.29, 1.82) is 0 Å². The molecule has 0 radical (unpaired) electrons. The molecule has 1 spiro atoms. The van der Waals surface area contributed by atoms with Crippen LogP contribution in [0.3, 0.4) is 0 Å². The minimum absolute atomic E-state index is 0.208. The number of rotatable bonds is 2. The van der Waals surface area contributed by atoms with E-state index in [0.29, 0.717) is 32.8 Å². The summed E-state index contributed by atoms with van der Waals surface area (Å²) in [5.74, 6) is 1.12. The van der Waals surface area contributed by atoms with Gasteiger partial charge < -0.3 is 14.4 Å². The van der Waals surface area contributed by atoms with Gasteiger partial charge in [-0.15, -0.1) is 0 Å². The molecule has 26 heavy (non-hydrogen) atoms. The van der Waals surface area contributed by atoms with Crippen LogP contribution < -0.4 is 4.74 Å². The molecule has 1 amide bonds. The minimum atomic E-state index is -0.258. The van der Waals surface area contributed by atoms with Crippen molar-refractivity contribution < 1.29 is 14.3 Å². The summed E-state index contributed by atoms with van der Waals surface area (Å²) in [7, 11) is 0. The van der Waals surface area contributed by atoms with Crippen molar-refractivity contribution in [2.75, 3.05) is 45.9 Å². The summed E-state index contributed by atoms with van der Waals surface area (Å²) in [6.45, 7) is 6.93. The Hall–Kier alpha value is -1.56. The van der Waals surface area contributed by atoms with E-state index in [4.69, 9.17) is 21.1 Å². The lowest BCUT2D eigenvalue weighted by Gasteiger charge is -2.42. The van der Waals surface area contributed by atoms with Crippen LogP contribution in [0.1, 0.15) is 24.0 Å². The van der Waals surface area contributed by atoms with Gasteiger partial charge in [0, 0.05) is 49.6 Å². The van der Waals surface area contributed by atoms with Crippen molar-refractivity contribution in [1.82, 2.24) is 9.80 Å². The number of benzene rings is 1. The number of ether oxygens (including phenoxy) is 2. The number of nitrogens with zero attached hydrogens (tertiary/aromatic N) is 2. The zero-order valence-corrected chi connectivity index (χ0v) is 15.9. The van der Waals surface area contributed by atoms with Gasteiger partial charge in [0.1, 0.15) is 11.4 Å². The van der Waals surface area contributed by atoms with Gasteiger partial charge in [-0.3, -0.25) is 9.69 Å². The number of carbonyl (C=O) groups excluding carboxylic acids is 1. The van der Waals surface area contributed by atoms with Crippen LogP contribution in [0.4, 0.5) is 0 Å². The standard InChI is InChI=1S/C20H25ClN2O3/c1-15-12-18-16(13-17(15)21)2-3-20(26-18)4-6-22(7-5-20)14-19(24)23-8-10-25-11-9-23/h2-3,12-13H,4-11,14H2,1H3. The fraction of sp³-hybridized carbons (Fsp3) is 0.550. The predicted molar refractivity (Wildman–Crippen MR) is 102 cm³/mol. The average molecular weight is 377 g/mol. The first-order valence-corrected chi connectivity index (χ1v) is 9.69. The quantitative estimate of drug-likeness (QED) is 0.796. The summed E-state index contributed by atoms with van der Waals surface area (Å²) in [4.78, 5) is 16.6. The Morgan fingerprint density at radius 3 is 2.65 bits per heavy atom. The van der Waals surface area contributed by atoms with Crippen molar-refractivity contribution in [3.05, 3.63) is 34.4 Å². The molecule has 6 heteroatoms. The molecule has 1 aromatic rings. The van der Waals surface area contributed by atoms with Crippen molar-refractivity contribution in [2.45, 2.75) is 25.4 Å². The summed E-state index contributed by atoms with van der Waals surface area (Å²) in [5.41, 5.74) is 1.81. The first-order valence-electron chi connectivity index (χ1n) is 9.31. The van der Waals surface area contributed by atoms with Crippen LogP contribution in [-0.4, -0.2) is 67.2 Å².